The summed E-state index contributed by atoms with van der Waals surface area (Å²) in [6.45, 7) is 5.98. The van der Waals surface area contributed by atoms with Gasteiger partial charge in [0.2, 0.25) is 11.8 Å². The Bertz CT molecular complexity index is 712. The summed E-state index contributed by atoms with van der Waals surface area (Å²) in [5.41, 5.74) is -0.387. The molecule has 0 aromatic carbocycles. The molecule has 1 N–H and O–H groups in total. The highest BCUT2D eigenvalue weighted by molar-refractivity contribution is 5.88. The lowest BCUT2D eigenvalue weighted by molar-refractivity contribution is -0.142. The van der Waals surface area contributed by atoms with Gasteiger partial charge in [0.1, 0.15) is 0 Å². The van der Waals surface area contributed by atoms with Crippen molar-refractivity contribution >= 4 is 11.8 Å². The Labute approximate surface area is 174 Å². The SMILES string of the molecule is CC(C)CC[C@]1(C(=O)NCCCn2ccnc2)C[C@H]2CC[C@@H]1N2C(=O)C1CCC1. The van der Waals surface area contributed by atoms with Gasteiger partial charge in [0.05, 0.1) is 11.7 Å². The van der Waals surface area contributed by atoms with E-state index in [9.17, 15) is 9.59 Å². The van der Waals surface area contributed by atoms with E-state index in [-0.39, 0.29) is 29.3 Å². The van der Waals surface area contributed by atoms with Gasteiger partial charge in [-0.3, -0.25) is 9.59 Å². The number of rotatable bonds is 9. The maximum atomic E-state index is 13.5. The topological polar surface area (TPSA) is 67.2 Å². The molecule has 6 heteroatoms. The van der Waals surface area contributed by atoms with Crippen molar-refractivity contribution in [2.24, 2.45) is 17.3 Å². The first kappa shape index (κ1) is 20.4. The van der Waals surface area contributed by atoms with E-state index in [4.69, 9.17) is 0 Å². The molecule has 160 valence electrons. The highest BCUT2D eigenvalue weighted by Crippen LogP contribution is 2.54. The number of nitrogens with one attached hydrogen (secondary N) is 1. The molecule has 0 radical (unpaired) electrons. The van der Waals surface area contributed by atoms with E-state index in [2.05, 4.69) is 29.0 Å². The summed E-state index contributed by atoms with van der Waals surface area (Å²) < 4.78 is 2.04. The largest absolute Gasteiger partial charge is 0.355 e. The van der Waals surface area contributed by atoms with Crippen molar-refractivity contribution in [2.75, 3.05) is 6.54 Å². The van der Waals surface area contributed by atoms with E-state index in [1.54, 1.807) is 6.20 Å². The zero-order valence-electron chi connectivity index (χ0n) is 18.0. The Morgan fingerprint density at radius 2 is 2.07 bits per heavy atom. The van der Waals surface area contributed by atoms with Crippen LogP contribution in [0.4, 0.5) is 0 Å². The number of aromatic nitrogens is 2. The quantitative estimate of drug-likeness (QED) is 0.646. The molecule has 3 atom stereocenters. The van der Waals surface area contributed by atoms with Gasteiger partial charge in [0.15, 0.2) is 0 Å². The van der Waals surface area contributed by atoms with Crippen molar-refractivity contribution in [3.8, 4) is 0 Å². The number of hydrogen-bond donors (Lipinski definition) is 1. The van der Waals surface area contributed by atoms with E-state index < -0.39 is 0 Å². The molecule has 4 rings (SSSR count). The average molecular weight is 401 g/mol. The van der Waals surface area contributed by atoms with Crippen LogP contribution in [0, 0.1) is 17.3 Å². The lowest BCUT2D eigenvalue weighted by atomic mass is 9.69. The summed E-state index contributed by atoms with van der Waals surface area (Å²) >= 11 is 0. The molecule has 1 saturated carbocycles. The van der Waals surface area contributed by atoms with Gasteiger partial charge in [-0.25, -0.2) is 4.98 Å². The van der Waals surface area contributed by atoms with Crippen LogP contribution in [0.3, 0.4) is 0 Å². The van der Waals surface area contributed by atoms with Gasteiger partial charge >= 0.3 is 0 Å². The van der Waals surface area contributed by atoms with Crippen LogP contribution in [0.1, 0.15) is 71.6 Å². The molecule has 6 nitrogen and oxygen atoms in total. The number of aryl methyl sites for hydroxylation is 1. The van der Waals surface area contributed by atoms with Crippen molar-refractivity contribution in [1.82, 2.24) is 19.8 Å². The van der Waals surface area contributed by atoms with Gasteiger partial charge in [-0.15, -0.1) is 0 Å². The zero-order chi connectivity index (χ0) is 20.4. The third-order valence-corrected chi connectivity index (χ3v) is 7.51. The Hall–Kier alpha value is -1.85. The summed E-state index contributed by atoms with van der Waals surface area (Å²) in [5, 5.41) is 3.24. The number of amides is 2. The number of imidazole rings is 1. The second-order valence-corrected chi connectivity index (χ2v) is 9.82. The van der Waals surface area contributed by atoms with E-state index in [1.807, 2.05) is 17.1 Å². The van der Waals surface area contributed by atoms with Crippen molar-refractivity contribution in [2.45, 2.75) is 90.3 Å². The summed E-state index contributed by atoms with van der Waals surface area (Å²) in [4.78, 5) is 32.8. The average Bonchev–Trinajstić information content (AvgIpc) is 3.37. The van der Waals surface area contributed by atoms with Crippen molar-refractivity contribution in [3.63, 3.8) is 0 Å². The number of nitrogens with zero attached hydrogens (tertiary/aromatic N) is 3. The van der Waals surface area contributed by atoms with Crippen LogP contribution >= 0.6 is 0 Å². The minimum atomic E-state index is -0.387. The van der Waals surface area contributed by atoms with Crippen molar-refractivity contribution in [3.05, 3.63) is 18.7 Å². The molecule has 1 aromatic heterocycles. The minimum Gasteiger partial charge on any atom is -0.355 e. The summed E-state index contributed by atoms with van der Waals surface area (Å²) in [6.07, 6.45) is 14.5. The molecule has 3 heterocycles. The molecule has 3 fully saturated rings. The number of fused-ring (bicyclic) bond motifs is 2. The summed E-state index contributed by atoms with van der Waals surface area (Å²) in [5.74, 6) is 1.30. The number of carbonyl (C=O) groups excluding carboxylic acids is 2. The fraction of sp³-hybridized carbons (Fsp3) is 0.783. The maximum absolute atomic E-state index is 13.5. The van der Waals surface area contributed by atoms with E-state index in [0.717, 1.165) is 57.9 Å². The molecule has 2 saturated heterocycles. The van der Waals surface area contributed by atoms with E-state index >= 15 is 0 Å². The summed E-state index contributed by atoms with van der Waals surface area (Å²) in [6, 6.07) is 0.380. The van der Waals surface area contributed by atoms with Crippen LogP contribution in [0.25, 0.3) is 0 Å². The van der Waals surface area contributed by atoms with Crippen molar-refractivity contribution < 1.29 is 9.59 Å². The molecular weight excluding hydrogens is 364 g/mol. The fourth-order valence-electron chi connectivity index (χ4n) is 5.61. The standard InChI is InChI=1S/C23H36N4O2/c1-17(2)9-10-23(22(29)25-11-4-13-26-14-12-24-16-26)15-19-7-8-20(23)27(19)21(28)18-5-3-6-18/h12,14,16-20H,3-11,13,15H2,1-2H3,(H,25,29)/t19-,20+,23+/m1/s1. The number of carbonyl (C=O) groups is 2. The van der Waals surface area contributed by atoms with Crippen LogP contribution in [-0.4, -0.2) is 44.9 Å². The highest BCUT2D eigenvalue weighted by atomic mass is 16.2. The molecule has 2 amide bonds. The minimum absolute atomic E-state index is 0.105. The smallest absolute Gasteiger partial charge is 0.228 e. The lowest BCUT2D eigenvalue weighted by Crippen LogP contribution is -2.51. The second-order valence-electron chi connectivity index (χ2n) is 9.82. The first-order valence-corrected chi connectivity index (χ1v) is 11.6. The van der Waals surface area contributed by atoms with Crippen molar-refractivity contribution in [1.29, 1.82) is 0 Å². The molecule has 0 unspecified atom stereocenters. The lowest BCUT2D eigenvalue weighted by Gasteiger charge is -2.38. The highest BCUT2D eigenvalue weighted by Gasteiger charge is 2.61. The predicted octanol–water partition coefficient (Wildman–Crippen LogP) is 3.38. The Morgan fingerprint density at radius 3 is 2.72 bits per heavy atom. The fourth-order valence-corrected chi connectivity index (χ4v) is 5.61. The number of hydrogen-bond acceptors (Lipinski definition) is 3. The van der Waals surface area contributed by atoms with Gasteiger partial charge in [-0.05, 0) is 57.3 Å². The Kier molecular flexibility index (Phi) is 5.98. The Morgan fingerprint density at radius 1 is 1.24 bits per heavy atom. The predicted molar refractivity (Wildman–Crippen MR) is 112 cm³/mol. The molecule has 1 aromatic rings. The second kappa shape index (κ2) is 8.49. The van der Waals surface area contributed by atoms with Crippen LogP contribution in [0.15, 0.2) is 18.7 Å². The van der Waals surface area contributed by atoms with Crippen LogP contribution < -0.4 is 5.32 Å². The normalized spacial score (nSPS) is 28.7. The van der Waals surface area contributed by atoms with Gasteiger partial charge in [-0.2, -0.15) is 0 Å². The molecular formula is C23H36N4O2. The van der Waals surface area contributed by atoms with Crippen LogP contribution in [0.5, 0.6) is 0 Å². The van der Waals surface area contributed by atoms with Gasteiger partial charge < -0.3 is 14.8 Å². The zero-order valence-corrected chi connectivity index (χ0v) is 18.0. The van der Waals surface area contributed by atoms with Crippen LogP contribution in [0.2, 0.25) is 0 Å². The first-order chi connectivity index (χ1) is 14.0. The third-order valence-electron chi connectivity index (χ3n) is 7.51. The maximum Gasteiger partial charge on any atom is 0.228 e. The van der Waals surface area contributed by atoms with Gasteiger partial charge in [-0.1, -0.05) is 20.3 Å². The molecule has 3 aliphatic rings. The molecule has 29 heavy (non-hydrogen) atoms. The van der Waals surface area contributed by atoms with E-state index in [0.29, 0.717) is 18.4 Å². The molecule has 2 aliphatic heterocycles. The van der Waals surface area contributed by atoms with E-state index in [1.165, 1.54) is 6.42 Å². The molecule has 2 bridgehead atoms. The monoisotopic (exact) mass is 400 g/mol. The Balaban J connectivity index is 1.42. The van der Waals surface area contributed by atoms with Gasteiger partial charge in [0.25, 0.3) is 0 Å². The molecule has 1 aliphatic carbocycles. The first-order valence-electron chi connectivity index (χ1n) is 11.6. The summed E-state index contributed by atoms with van der Waals surface area (Å²) in [7, 11) is 0. The third kappa shape index (κ3) is 3.95. The molecule has 0 spiro atoms. The van der Waals surface area contributed by atoms with Gasteiger partial charge in [0, 0.05) is 43.5 Å². The van der Waals surface area contributed by atoms with Crippen LogP contribution in [-0.2, 0) is 16.1 Å².